The van der Waals surface area contributed by atoms with Gasteiger partial charge in [-0.05, 0) is 6.42 Å². The number of ether oxygens (including phenoxy) is 2. The molecule has 0 aliphatic heterocycles. The fourth-order valence-corrected chi connectivity index (χ4v) is 1.77. The Balaban J connectivity index is 3.95. The summed E-state index contributed by atoms with van der Waals surface area (Å²) in [5.74, 6) is -8.96. The average molecular weight is 442 g/mol. The molecule has 0 radical (unpaired) electrons. The summed E-state index contributed by atoms with van der Waals surface area (Å²) in [6.07, 6.45) is -20.0. The van der Waals surface area contributed by atoms with E-state index in [2.05, 4.69) is 9.47 Å². The standard InChI is InChI=1S/C14H20F10O4/c15-11(16,8-13(19,20)21)3-5-28-7-10(26)9(25)6-27-4-1-2-12(17,18)14(22,23)24/h9-10,25-26H,1-8H2. The largest absolute Gasteiger partial charge is 0.453 e. The molecule has 0 aromatic carbocycles. The summed E-state index contributed by atoms with van der Waals surface area (Å²) in [5, 5.41) is 18.9. The van der Waals surface area contributed by atoms with Crippen LogP contribution in [0.4, 0.5) is 43.9 Å². The Morgan fingerprint density at radius 2 is 1.14 bits per heavy atom. The van der Waals surface area contributed by atoms with Crippen molar-refractivity contribution in [2.24, 2.45) is 0 Å². The van der Waals surface area contributed by atoms with E-state index in [4.69, 9.17) is 0 Å². The SMILES string of the molecule is OC(COCCCC(F)(F)C(F)(F)F)C(O)COCCC(F)(F)CC(F)(F)F. The maximum atomic E-state index is 12.9. The molecule has 2 atom stereocenters. The molecule has 0 aliphatic rings. The smallest absolute Gasteiger partial charge is 0.388 e. The number of rotatable bonds is 13. The van der Waals surface area contributed by atoms with Gasteiger partial charge in [0.1, 0.15) is 18.6 Å². The van der Waals surface area contributed by atoms with Gasteiger partial charge in [0.25, 0.3) is 5.92 Å². The highest BCUT2D eigenvalue weighted by Gasteiger charge is 2.56. The van der Waals surface area contributed by atoms with Crippen LogP contribution in [0, 0.1) is 0 Å². The molecule has 0 saturated carbocycles. The molecule has 14 heteroatoms. The Hall–Kier alpha value is -0.860. The summed E-state index contributed by atoms with van der Waals surface area (Å²) in [7, 11) is 0. The maximum absolute atomic E-state index is 12.9. The van der Waals surface area contributed by atoms with Gasteiger partial charge in [-0.25, -0.2) is 8.78 Å². The molecule has 4 nitrogen and oxygen atoms in total. The Bertz CT molecular complexity index is 439. The minimum Gasteiger partial charge on any atom is -0.388 e. The van der Waals surface area contributed by atoms with Crippen molar-refractivity contribution in [1.82, 2.24) is 0 Å². The van der Waals surface area contributed by atoms with Crippen molar-refractivity contribution < 1.29 is 63.6 Å². The Morgan fingerprint density at radius 1 is 0.679 bits per heavy atom. The molecule has 2 N–H and O–H groups in total. The highest BCUT2D eigenvalue weighted by atomic mass is 19.4. The molecule has 0 bridgehead atoms. The highest BCUT2D eigenvalue weighted by molar-refractivity contribution is 4.75. The summed E-state index contributed by atoms with van der Waals surface area (Å²) < 4.78 is 132. The van der Waals surface area contributed by atoms with Gasteiger partial charge in [-0.2, -0.15) is 35.1 Å². The first-order chi connectivity index (χ1) is 12.5. The van der Waals surface area contributed by atoms with Crippen molar-refractivity contribution in [3.63, 3.8) is 0 Å². The molecule has 28 heavy (non-hydrogen) atoms. The van der Waals surface area contributed by atoms with Crippen LogP contribution in [0.2, 0.25) is 0 Å². The van der Waals surface area contributed by atoms with Gasteiger partial charge in [-0.15, -0.1) is 0 Å². The van der Waals surface area contributed by atoms with Crippen molar-refractivity contribution in [1.29, 1.82) is 0 Å². The fourth-order valence-electron chi connectivity index (χ4n) is 1.77. The third kappa shape index (κ3) is 11.9. The molecule has 0 spiro atoms. The van der Waals surface area contributed by atoms with Crippen molar-refractivity contribution in [2.75, 3.05) is 26.4 Å². The molecule has 0 rings (SSSR count). The van der Waals surface area contributed by atoms with Crippen molar-refractivity contribution >= 4 is 0 Å². The van der Waals surface area contributed by atoms with E-state index in [0.717, 1.165) is 0 Å². The van der Waals surface area contributed by atoms with E-state index < -0.39 is 88.5 Å². The Kier molecular flexibility index (Phi) is 10.5. The van der Waals surface area contributed by atoms with Gasteiger partial charge in [0.15, 0.2) is 0 Å². The monoisotopic (exact) mass is 442 g/mol. The minimum atomic E-state index is -5.70. The summed E-state index contributed by atoms with van der Waals surface area (Å²) in [6.45, 7) is -2.84. The molecule has 0 aromatic heterocycles. The lowest BCUT2D eigenvalue weighted by Crippen LogP contribution is -2.37. The highest BCUT2D eigenvalue weighted by Crippen LogP contribution is 2.38. The van der Waals surface area contributed by atoms with E-state index in [1.165, 1.54) is 0 Å². The van der Waals surface area contributed by atoms with Crippen LogP contribution in [0.25, 0.3) is 0 Å². The van der Waals surface area contributed by atoms with Crippen LogP contribution in [0.15, 0.2) is 0 Å². The van der Waals surface area contributed by atoms with E-state index >= 15 is 0 Å². The molecule has 0 saturated heterocycles. The quantitative estimate of drug-likeness (QED) is 0.338. The first-order valence-corrected chi connectivity index (χ1v) is 7.87. The summed E-state index contributed by atoms with van der Waals surface area (Å²) >= 11 is 0. The van der Waals surface area contributed by atoms with Crippen LogP contribution >= 0.6 is 0 Å². The number of hydrogen-bond acceptors (Lipinski definition) is 4. The predicted molar refractivity (Wildman–Crippen MR) is 74.1 cm³/mol. The predicted octanol–water partition coefficient (Wildman–Crippen LogP) is 3.70. The number of hydrogen-bond donors (Lipinski definition) is 2. The molecule has 0 heterocycles. The summed E-state index contributed by atoms with van der Waals surface area (Å²) in [5.41, 5.74) is 0. The van der Waals surface area contributed by atoms with E-state index in [1.54, 1.807) is 0 Å². The van der Waals surface area contributed by atoms with Gasteiger partial charge in [0, 0.05) is 19.4 Å². The Morgan fingerprint density at radius 3 is 1.57 bits per heavy atom. The van der Waals surface area contributed by atoms with Crippen molar-refractivity contribution in [3.8, 4) is 0 Å². The van der Waals surface area contributed by atoms with Crippen LogP contribution in [0.3, 0.4) is 0 Å². The van der Waals surface area contributed by atoms with Crippen LogP contribution in [0.5, 0.6) is 0 Å². The first-order valence-electron chi connectivity index (χ1n) is 7.87. The summed E-state index contributed by atoms with van der Waals surface area (Å²) in [4.78, 5) is 0. The number of aliphatic hydroxyl groups is 2. The molecular weight excluding hydrogens is 422 g/mol. The second-order valence-electron chi connectivity index (χ2n) is 5.99. The normalized spacial score (nSPS) is 16.3. The van der Waals surface area contributed by atoms with Crippen molar-refractivity contribution in [3.05, 3.63) is 0 Å². The minimum absolute atomic E-state index is 0.583. The van der Waals surface area contributed by atoms with E-state index in [1.807, 2.05) is 0 Å². The van der Waals surface area contributed by atoms with Gasteiger partial charge >= 0.3 is 18.3 Å². The van der Waals surface area contributed by atoms with Gasteiger partial charge in [-0.3, -0.25) is 0 Å². The lowest BCUT2D eigenvalue weighted by Gasteiger charge is -2.21. The van der Waals surface area contributed by atoms with E-state index in [9.17, 15) is 54.1 Å². The van der Waals surface area contributed by atoms with Gasteiger partial charge in [0.05, 0.1) is 19.8 Å². The molecule has 170 valence electrons. The molecule has 0 aromatic rings. The summed E-state index contributed by atoms with van der Waals surface area (Å²) in [6, 6.07) is 0. The second-order valence-corrected chi connectivity index (χ2v) is 5.99. The average Bonchev–Trinajstić information content (AvgIpc) is 2.47. The second kappa shape index (κ2) is 10.8. The van der Waals surface area contributed by atoms with Crippen molar-refractivity contribution in [2.45, 2.75) is 62.1 Å². The topological polar surface area (TPSA) is 58.9 Å². The third-order valence-corrected chi connectivity index (χ3v) is 3.29. The number of aliphatic hydroxyl groups excluding tert-OH is 2. The van der Waals surface area contributed by atoms with Crippen LogP contribution < -0.4 is 0 Å². The Labute approximate surface area is 153 Å². The van der Waals surface area contributed by atoms with Gasteiger partial charge < -0.3 is 19.7 Å². The molecular formula is C14H20F10O4. The van der Waals surface area contributed by atoms with Crippen LogP contribution in [-0.2, 0) is 9.47 Å². The third-order valence-electron chi connectivity index (χ3n) is 3.29. The molecule has 0 aliphatic carbocycles. The number of alkyl halides is 10. The number of halogens is 10. The zero-order chi connectivity index (χ0) is 22.2. The molecule has 2 unspecified atom stereocenters. The van der Waals surface area contributed by atoms with Crippen LogP contribution in [-0.4, -0.2) is 73.0 Å². The van der Waals surface area contributed by atoms with Gasteiger partial charge in [-0.1, -0.05) is 0 Å². The molecule has 0 fully saturated rings. The zero-order valence-electron chi connectivity index (χ0n) is 14.3. The fraction of sp³-hybridized carbons (Fsp3) is 1.00. The van der Waals surface area contributed by atoms with E-state index in [-0.39, 0.29) is 0 Å². The van der Waals surface area contributed by atoms with Crippen LogP contribution in [0.1, 0.15) is 25.7 Å². The van der Waals surface area contributed by atoms with E-state index in [0.29, 0.717) is 0 Å². The maximum Gasteiger partial charge on any atom is 0.453 e. The lowest BCUT2D eigenvalue weighted by atomic mass is 10.1. The lowest BCUT2D eigenvalue weighted by molar-refractivity contribution is -0.285. The van der Waals surface area contributed by atoms with Gasteiger partial charge in [0.2, 0.25) is 0 Å². The first kappa shape index (κ1) is 27.1. The zero-order valence-corrected chi connectivity index (χ0v) is 14.3. The molecule has 0 amide bonds.